The highest BCUT2D eigenvalue weighted by molar-refractivity contribution is 14.0. The zero-order valence-electron chi connectivity index (χ0n) is 14.2. The number of alkyl halides is 3. The van der Waals surface area contributed by atoms with E-state index < -0.39 is 12.1 Å². The second-order valence-corrected chi connectivity index (χ2v) is 5.15. The second-order valence-electron chi connectivity index (χ2n) is 5.15. The molecular weight excluding hydrogens is 476 g/mol. The summed E-state index contributed by atoms with van der Waals surface area (Å²) in [6, 6.07) is 12.2. The summed E-state index contributed by atoms with van der Waals surface area (Å²) in [5.41, 5.74) is 7.05. The molecule has 0 atom stereocenters. The van der Waals surface area contributed by atoms with Gasteiger partial charge in [0, 0.05) is 12.6 Å². The van der Waals surface area contributed by atoms with Crippen molar-refractivity contribution in [2.45, 2.75) is 12.9 Å². The van der Waals surface area contributed by atoms with Gasteiger partial charge in [-0.15, -0.1) is 37.1 Å². The lowest BCUT2D eigenvalue weighted by Crippen LogP contribution is -2.24. The van der Waals surface area contributed by atoms with Gasteiger partial charge in [-0.1, -0.05) is 24.3 Å². The number of amides is 1. The Balaban J connectivity index is 0.00000364. The summed E-state index contributed by atoms with van der Waals surface area (Å²) in [5, 5.41) is 5.09. The van der Waals surface area contributed by atoms with Crippen molar-refractivity contribution >= 4 is 41.5 Å². The fraction of sp³-hybridized carbons (Fsp3) is 0.176. The maximum atomic E-state index is 12.4. The van der Waals surface area contributed by atoms with Gasteiger partial charge in [0.2, 0.25) is 0 Å². The number of rotatable bonds is 5. The molecule has 0 heterocycles. The minimum absolute atomic E-state index is 0. The number of halogens is 4. The molecule has 0 aromatic heterocycles. The first kappa shape index (κ1) is 22.5. The molecule has 0 spiro atoms. The summed E-state index contributed by atoms with van der Waals surface area (Å²) in [6.07, 6.45) is -4.81. The summed E-state index contributed by atoms with van der Waals surface area (Å²) in [7, 11) is 1.53. The van der Waals surface area contributed by atoms with Crippen LogP contribution in [0.1, 0.15) is 15.9 Å². The summed E-state index contributed by atoms with van der Waals surface area (Å²) < 4.78 is 41.1. The van der Waals surface area contributed by atoms with E-state index in [0.717, 1.165) is 5.56 Å². The molecule has 6 nitrogen and oxygen atoms in total. The molecule has 0 aliphatic carbocycles. The number of nitrogens with two attached hydrogens (primary N) is 1. The molecule has 2 aromatic carbocycles. The van der Waals surface area contributed by atoms with E-state index in [4.69, 9.17) is 5.73 Å². The number of nitrogens with one attached hydrogen (secondary N) is 2. The van der Waals surface area contributed by atoms with Crippen molar-refractivity contribution in [3.05, 3.63) is 59.7 Å². The Labute approximate surface area is 171 Å². The monoisotopic (exact) mass is 494 g/mol. The highest BCUT2D eigenvalue weighted by Crippen LogP contribution is 2.29. The number of para-hydroxylation sites is 2. The zero-order chi connectivity index (χ0) is 19.2. The number of carbonyl (C=O) groups excluding carboxylic acids is 1. The maximum absolute atomic E-state index is 12.4. The number of benzene rings is 2. The minimum atomic E-state index is -4.81. The van der Waals surface area contributed by atoms with Crippen molar-refractivity contribution < 1.29 is 22.7 Å². The highest BCUT2D eigenvalue weighted by atomic mass is 127. The third-order valence-electron chi connectivity index (χ3n) is 3.25. The van der Waals surface area contributed by atoms with E-state index >= 15 is 0 Å². The second kappa shape index (κ2) is 10.00. The van der Waals surface area contributed by atoms with Gasteiger partial charge in [0.1, 0.15) is 0 Å². The molecule has 2 aromatic rings. The number of aliphatic imine (C=N–C) groups is 1. The zero-order valence-corrected chi connectivity index (χ0v) is 16.5. The quantitative estimate of drug-likeness (QED) is 0.338. The van der Waals surface area contributed by atoms with Gasteiger partial charge in [0.25, 0.3) is 5.91 Å². The van der Waals surface area contributed by atoms with E-state index in [1.165, 1.54) is 31.3 Å². The largest absolute Gasteiger partial charge is 0.573 e. The predicted octanol–water partition coefficient (Wildman–Crippen LogP) is 3.49. The van der Waals surface area contributed by atoms with E-state index in [2.05, 4.69) is 20.4 Å². The lowest BCUT2D eigenvalue weighted by Gasteiger charge is -2.14. The van der Waals surface area contributed by atoms with Crippen LogP contribution in [-0.2, 0) is 6.54 Å². The number of ether oxygens (including phenoxy) is 1. The molecule has 2 rings (SSSR count). The van der Waals surface area contributed by atoms with Gasteiger partial charge in [0.15, 0.2) is 11.7 Å². The number of anilines is 1. The summed E-state index contributed by atoms with van der Waals surface area (Å²) in [6.45, 7) is 0.190. The van der Waals surface area contributed by atoms with Gasteiger partial charge in [-0.2, -0.15) is 0 Å². The van der Waals surface area contributed by atoms with Gasteiger partial charge < -0.3 is 21.1 Å². The van der Waals surface area contributed by atoms with E-state index in [-0.39, 0.29) is 48.1 Å². The van der Waals surface area contributed by atoms with Gasteiger partial charge in [-0.25, -0.2) is 4.99 Å². The Kier molecular flexibility index (Phi) is 8.34. The van der Waals surface area contributed by atoms with Crippen LogP contribution in [0.15, 0.2) is 53.5 Å². The molecular formula is C17H18F3IN4O2. The summed E-state index contributed by atoms with van der Waals surface area (Å²) in [5.74, 6) is -0.686. The molecule has 1 amide bonds. The summed E-state index contributed by atoms with van der Waals surface area (Å²) >= 11 is 0. The van der Waals surface area contributed by atoms with E-state index in [1.807, 2.05) is 0 Å². The molecule has 0 aliphatic heterocycles. The molecule has 10 heteroatoms. The number of hydrogen-bond acceptors (Lipinski definition) is 3. The van der Waals surface area contributed by atoms with E-state index in [1.54, 1.807) is 24.3 Å². The first-order chi connectivity index (χ1) is 12.3. The molecule has 0 fully saturated rings. The van der Waals surface area contributed by atoms with Crippen molar-refractivity contribution in [3.63, 3.8) is 0 Å². The van der Waals surface area contributed by atoms with Crippen molar-refractivity contribution in [2.75, 3.05) is 12.4 Å². The highest BCUT2D eigenvalue weighted by Gasteiger charge is 2.32. The fourth-order valence-corrected chi connectivity index (χ4v) is 2.04. The van der Waals surface area contributed by atoms with Gasteiger partial charge >= 0.3 is 6.36 Å². The molecule has 0 aliphatic rings. The van der Waals surface area contributed by atoms with Gasteiger partial charge in [0.05, 0.1) is 12.2 Å². The van der Waals surface area contributed by atoms with Crippen molar-refractivity contribution in [1.29, 1.82) is 0 Å². The van der Waals surface area contributed by atoms with Crippen molar-refractivity contribution in [2.24, 2.45) is 10.7 Å². The average molecular weight is 494 g/mol. The van der Waals surface area contributed by atoms with Crippen LogP contribution in [-0.4, -0.2) is 25.3 Å². The van der Waals surface area contributed by atoms with Crippen LogP contribution in [0.2, 0.25) is 0 Å². The first-order valence-corrected chi connectivity index (χ1v) is 7.51. The van der Waals surface area contributed by atoms with Crippen LogP contribution in [0.4, 0.5) is 18.9 Å². The standard InChI is InChI=1S/C17H17F3N4O2.HI/c1-22-15(25)12-8-6-11(7-9-12)10-23-16(21)24-13-4-2-3-5-14(13)26-17(18,19)20;/h2-9H,10H2,1H3,(H,22,25)(H3,21,23,24);1H. The molecule has 0 saturated carbocycles. The number of nitrogens with zero attached hydrogens (tertiary/aromatic N) is 1. The molecule has 0 radical (unpaired) electrons. The maximum Gasteiger partial charge on any atom is 0.573 e. The average Bonchev–Trinajstić information content (AvgIpc) is 2.60. The van der Waals surface area contributed by atoms with Crippen molar-refractivity contribution in [3.8, 4) is 5.75 Å². The molecule has 0 saturated heterocycles. The Bertz CT molecular complexity index is 796. The van der Waals surface area contributed by atoms with Crippen LogP contribution in [0.5, 0.6) is 5.75 Å². The Morgan fingerprint density at radius 3 is 2.37 bits per heavy atom. The van der Waals surface area contributed by atoms with Crippen LogP contribution in [0, 0.1) is 0 Å². The van der Waals surface area contributed by atoms with Crippen LogP contribution in [0.25, 0.3) is 0 Å². The van der Waals surface area contributed by atoms with E-state index in [0.29, 0.717) is 5.56 Å². The SMILES string of the molecule is CNC(=O)c1ccc(CN=C(N)Nc2ccccc2OC(F)(F)F)cc1.I. The lowest BCUT2D eigenvalue weighted by molar-refractivity contribution is -0.274. The third-order valence-corrected chi connectivity index (χ3v) is 3.25. The molecule has 146 valence electrons. The van der Waals surface area contributed by atoms with Crippen molar-refractivity contribution in [1.82, 2.24) is 5.32 Å². The predicted molar refractivity (Wildman–Crippen MR) is 107 cm³/mol. The van der Waals surface area contributed by atoms with Crippen LogP contribution in [0.3, 0.4) is 0 Å². The number of hydrogen-bond donors (Lipinski definition) is 3. The Hall–Kier alpha value is -2.50. The minimum Gasteiger partial charge on any atom is -0.404 e. The Morgan fingerprint density at radius 2 is 1.78 bits per heavy atom. The number of guanidine groups is 1. The smallest absolute Gasteiger partial charge is 0.404 e. The molecule has 0 unspecified atom stereocenters. The fourth-order valence-electron chi connectivity index (χ4n) is 2.04. The Morgan fingerprint density at radius 1 is 1.15 bits per heavy atom. The number of carbonyl (C=O) groups is 1. The lowest BCUT2D eigenvalue weighted by atomic mass is 10.1. The summed E-state index contributed by atoms with van der Waals surface area (Å²) in [4.78, 5) is 15.5. The van der Waals surface area contributed by atoms with Crippen LogP contribution < -0.4 is 21.1 Å². The molecule has 0 bridgehead atoms. The topological polar surface area (TPSA) is 88.7 Å². The molecule has 27 heavy (non-hydrogen) atoms. The van der Waals surface area contributed by atoms with Gasteiger partial charge in [-0.3, -0.25) is 4.79 Å². The first-order valence-electron chi connectivity index (χ1n) is 7.51. The third kappa shape index (κ3) is 7.33. The molecule has 4 N–H and O–H groups in total. The van der Waals surface area contributed by atoms with E-state index in [9.17, 15) is 18.0 Å². The van der Waals surface area contributed by atoms with Crippen LogP contribution >= 0.6 is 24.0 Å². The van der Waals surface area contributed by atoms with Gasteiger partial charge in [-0.05, 0) is 29.8 Å². The normalized spacial score (nSPS) is 11.3.